The third-order valence-electron chi connectivity index (χ3n) is 0.903. The summed E-state index contributed by atoms with van der Waals surface area (Å²) in [5.41, 5.74) is 0. The van der Waals surface area contributed by atoms with Gasteiger partial charge < -0.3 is 0 Å². The average Bonchev–Trinajstić information content (AvgIpc) is 2.63. The molecule has 2 heterocycles. The van der Waals surface area contributed by atoms with Gasteiger partial charge >= 0.3 is 0 Å². The summed E-state index contributed by atoms with van der Waals surface area (Å²) in [7, 11) is 3.48. The van der Waals surface area contributed by atoms with Gasteiger partial charge in [-0.1, -0.05) is 0 Å². The third kappa shape index (κ3) is 2.82. The van der Waals surface area contributed by atoms with Crippen molar-refractivity contribution in [2.45, 2.75) is 0 Å². The van der Waals surface area contributed by atoms with E-state index in [1.807, 2.05) is 0 Å². The van der Waals surface area contributed by atoms with Crippen molar-refractivity contribution < 1.29 is 0 Å². The van der Waals surface area contributed by atoms with Crippen LogP contribution in [0.2, 0.25) is 0 Å². The summed E-state index contributed by atoms with van der Waals surface area (Å²) in [5, 5.41) is 20.7. The van der Waals surface area contributed by atoms with E-state index in [1.165, 1.54) is 22.1 Å². The Morgan fingerprint density at radius 2 is 1.92 bits per heavy atom. The molecule has 0 aliphatic heterocycles. The highest BCUT2D eigenvalue weighted by atomic mass is 15.6. The first-order valence-electron chi connectivity index (χ1n) is 3.13. The van der Waals surface area contributed by atoms with E-state index in [0.717, 1.165) is 0 Å². The third-order valence-corrected chi connectivity index (χ3v) is 0.903. The average molecular weight is 168 g/mol. The second-order valence-corrected chi connectivity index (χ2v) is 1.91. The van der Waals surface area contributed by atoms with Crippen molar-refractivity contribution in [3.63, 3.8) is 0 Å². The zero-order chi connectivity index (χ0) is 8.81. The molecule has 0 amide bonds. The molecular weight excluding hydrogens is 160 g/mol. The van der Waals surface area contributed by atoms with Crippen LogP contribution in [0, 0.1) is 0 Å². The Balaban J connectivity index is 0.000000120. The molecule has 64 valence electrons. The fraction of sp³-hybridized carbons (Fsp3) is 0.500. The van der Waals surface area contributed by atoms with Gasteiger partial charge in [-0.05, 0) is 15.6 Å². The molecule has 0 aliphatic carbocycles. The van der Waals surface area contributed by atoms with Crippen LogP contribution in [0.15, 0.2) is 12.7 Å². The topological polar surface area (TPSA) is 87.2 Å². The van der Waals surface area contributed by atoms with E-state index >= 15 is 0 Å². The Morgan fingerprint density at radius 3 is 2.08 bits per heavy atom. The molecule has 0 aromatic carbocycles. The Hall–Kier alpha value is -1.86. The monoisotopic (exact) mass is 168 g/mol. The maximum Gasteiger partial charge on any atom is 0.162 e. The molecule has 0 spiro atoms. The minimum atomic E-state index is 1.39. The molecule has 2 rings (SSSR count). The normalized spacial score (nSPS) is 8.83. The Morgan fingerprint density at radius 1 is 1.08 bits per heavy atom. The molecule has 0 radical (unpaired) electrons. The summed E-state index contributed by atoms with van der Waals surface area (Å²) in [6.07, 6.45) is 2.92. The summed E-state index contributed by atoms with van der Waals surface area (Å²) in [6, 6.07) is 0. The van der Waals surface area contributed by atoms with Crippen LogP contribution in [-0.2, 0) is 14.1 Å². The summed E-state index contributed by atoms with van der Waals surface area (Å²) in [4.78, 5) is 1.39. The van der Waals surface area contributed by atoms with Crippen molar-refractivity contribution in [3.8, 4) is 0 Å². The molecule has 12 heavy (non-hydrogen) atoms. The van der Waals surface area contributed by atoms with Crippen molar-refractivity contribution in [1.29, 1.82) is 0 Å². The molecule has 8 nitrogen and oxygen atoms in total. The van der Waals surface area contributed by atoms with Crippen LogP contribution in [-0.4, -0.2) is 40.4 Å². The standard InChI is InChI=1S/2C2H4N4/c1-6-2-3-4-5-6;1-6-4-2-3-5-6/h2*2H,1H3. The first kappa shape index (κ1) is 8.24. The minimum Gasteiger partial charge on any atom is -0.236 e. The van der Waals surface area contributed by atoms with Gasteiger partial charge in [-0.2, -0.15) is 4.80 Å². The molecule has 0 bridgehead atoms. The Labute approximate surface area is 68.2 Å². The molecule has 2 aromatic rings. The lowest BCUT2D eigenvalue weighted by molar-refractivity contribution is 0.630. The quantitative estimate of drug-likeness (QED) is 0.471. The van der Waals surface area contributed by atoms with Crippen LogP contribution >= 0.6 is 0 Å². The van der Waals surface area contributed by atoms with E-state index in [9.17, 15) is 0 Å². The number of hydrogen-bond donors (Lipinski definition) is 0. The number of aryl methyl sites for hydroxylation is 2. The second-order valence-electron chi connectivity index (χ2n) is 1.91. The van der Waals surface area contributed by atoms with E-state index in [4.69, 9.17) is 0 Å². The van der Waals surface area contributed by atoms with Gasteiger partial charge in [-0.25, -0.2) is 4.68 Å². The zero-order valence-corrected chi connectivity index (χ0v) is 6.73. The predicted octanol–water partition coefficient (Wildman–Crippen LogP) is -1.58. The largest absolute Gasteiger partial charge is 0.236 e. The summed E-state index contributed by atoms with van der Waals surface area (Å²) in [6.45, 7) is 0. The number of tetrazole rings is 2. The molecule has 0 unspecified atom stereocenters. The van der Waals surface area contributed by atoms with Crippen LogP contribution in [0.1, 0.15) is 0 Å². The lowest BCUT2D eigenvalue weighted by Crippen LogP contribution is -1.90. The molecule has 2 aromatic heterocycles. The molecule has 8 heteroatoms. The van der Waals surface area contributed by atoms with E-state index in [1.54, 1.807) is 14.1 Å². The van der Waals surface area contributed by atoms with Crippen molar-refractivity contribution in [1.82, 2.24) is 40.4 Å². The Bertz CT molecular complexity index is 250. The van der Waals surface area contributed by atoms with Crippen molar-refractivity contribution in [3.05, 3.63) is 12.7 Å². The van der Waals surface area contributed by atoms with Crippen LogP contribution in [0.5, 0.6) is 0 Å². The molecule has 0 saturated heterocycles. The molecular formula is C4H8N8. The van der Waals surface area contributed by atoms with Gasteiger partial charge in [0.2, 0.25) is 0 Å². The number of nitrogens with zero attached hydrogens (tertiary/aromatic N) is 8. The number of hydrogen-bond acceptors (Lipinski definition) is 6. The molecule has 0 fully saturated rings. The van der Waals surface area contributed by atoms with Crippen LogP contribution < -0.4 is 0 Å². The molecule has 0 saturated carbocycles. The van der Waals surface area contributed by atoms with Gasteiger partial charge in [-0.15, -0.1) is 15.3 Å². The fourth-order valence-corrected chi connectivity index (χ4v) is 0.426. The van der Waals surface area contributed by atoms with E-state index in [0.29, 0.717) is 0 Å². The van der Waals surface area contributed by atoms with Crippen molar-refractivity contribution >= 4 is 0 Å². The summed E-state index contributed by atoms with van der Waals surface area (Å²) >= 11 is 0. The lowest BCUT2D eigenvalue weighted by atomic mass is 11.2. The summed E-state index contributed by atoms with van der Waals surface area (Å²) < 4.78 is 1.53. The SMILES string of the molecule is Cn1cnnn1.Cn1ncnn1. The second kappa shape index (κ2) is 4.11. The predicted molar refractivity (Wildman–Crippen MR) is 37.6 cm³/mol. The molecule has 0 atom stereocenters. The van der Waals surface area contributed by atoms with E-state index in [-0.39, 0.29) is 0 Å². The number of aromatic nitrogens is 8. The van der Waals surface area contributed by atoms with Crippen LogP contribution in [0.25, 0.3) is 0 Å². The Kier molecular flexibility index (Phi) is 2.82. The first-order valence-corrected chi connectivity index (χ1v) is 3.13. The van der Waals surface area contributed by atoms with E-state index < -0.39 is 0 Å². The zero-order valence-electron chi connectivity index (χ0n) is 6.73. The highest BCUT2D eigenvalue weighted by Crippen LogP contribution is 1.58. The molecule has 0 N–H and O–H groups in total. The highest BCUT2D eigenvalue weighted by Gasteiger charge is 1.72. The smallest absolute Gasteiger partial charge is 0.162 e. The lowest BCUT2D eigenvalue weighted by Gasteiger charge is -1.71. The van der Waals surface area contributed by atoms with E-state index in [2.05, 4.69) is 30.9 Å². The van der Waals surface area contributed by atoms with Gasteiger partial charge in [0.15, 0.2) is 6.33 Å². The van der Waals surface area contributed by atoms with Crippen molar-refractivity contribution in [2.24, 2.45) is 14.1 Å². The van der Waals surface area contributed by atoms with Gasteiger partial charge in [0.25, 0.3) is 0 Å². The maximum atomic E-state index is 3.61. The maximum absolute atomic E-state index is 3.61. The summed E-state index contributed by atoms with van der Waals surface area (Å²) in [5.74, 6) is 0. The van der Waals surface area contributed by atoms with Gasteiger partial charge in [-0.3, -0.25) is 0 Å². The van der Waals surface area contributed by atoms with Crippen LogP contribution in [0.3, 0.4) is 0 Å². The fourth-order valence-electron chi connectivity index (χ4n) is 0.426. The van der Waals surface area contributed by atoms with Gasteiger partial charge in [0.1, 0.15) is 6.33 Å². The minimum absolute atomic E-state index is 1.39. The van der Waals surface area contributed by atoms with Crippen LogP contribution in [0.4, 0.5) is 0 Å². The first-order chi connectivity index (χ1) is 5.79. The number of rotatable bonds is 0. The highest BCUT2D eigenvalue weighted by molar-refractivity contribution is 4.35. The van der Waals surface area contributed by atoms with Gasteiger partial charge in [0, 0.05) is 7.05 Å². The van der Waals surface area contributed by atoms with Crippen molar-refractivity contribution in [2.75, 3.05) is 0 Å². The molecule has 0 aliphatic rings. The van der Waals surface area contributed by atoms with Gasteiger partial charge in [0.05, 0.1) is 7.05 Å².